The lowest BCUT2D eigenvalue weighted by Crippen LogP contribution is -2.33. The first kappa shape index (κ1) is 12.4. The molecule has 1 heterocycles. The molecular weight excluding hydrogens is 214 g/mol. The minimum absolute atomic E-state index is 0.0220. The van der Waals surface area contributed by atoms with Gasteiger partial charge in [0.1, 0.15) is 0 Å². The molecule has 1 N–H and O–H groups in total. The highest BCUT2D eigenvalue weighted by atomic mass is 16.3. The van der Waals surface area contributed by atoms with Crippen LogP contribution in [0.25, 0.3) is 0 Å². The molecule has 2 rings (SSSR count). The van der Waals surface area contributed by atoms with Crippen LogP contribution in [0, 0.1) is 0 Å². The average Bonchev–Trinajstić information content (AvgIpc) is 2.98. The average molecular weight is 235 g/mol. The maximum Gasteiger partial charge on any atom is 0.257 e. The van der Waals surface area contributed by atoms with Crippen LogP contribution in [-0.4, -0.2) is 9.67 Å². The Balaban J connectivity index is 2.62. The van der Waals surface area contributed by atoms with E-state index in [1.165, 1.54) is 0 Å². The standard InChI is InChI=1S/C14H21NO2/c1-9(2)12-8-7-11(14(3,4)17)13(16)15(12)10-5-6-10/h7-10,17H,5-6H2,1-4H3. The van der Waals surface area contributed by atoms with Gasteiger partial charge in [-0.3, -0.25) is 4.79 Å². The molecule has 0 unspecified atom stereocenters. The van der Waals surface area contributed by atoms with E-state index in [0.29, 0.717) is 17.5 Å². The predicted molar refractivity (Wildman–Crippen MR) is 68.3 cm³/mol. The fraction of sp³-hybridized carbons (Fsp3) is 0.643. The van der Waals surface area contributed by atoms with Crippen molar-refractivity contribution in [2.45, 2.75) is 58.1 Å². The molecule has 0 aromatic carbocycles. The summed E-state index contributed by atoms with van der Waals surface area (Å²) in [6, 6.07) is 4.11. The Bertz CT molecular complexity index is 476. The van der Waals surface area contributed by atoms with Crippen LogP contribution in [0.2, 0.25) is 0 Å². The van der Waals surface area contributed by atoms with Gasteiger partial charge in [-0.2, -0.15) is 0 Å². The first-order chi connectivity index (χ1) is 7.82. The Morgan fingerprint density at radius 3 is 2.35 bits per heavy atom. The Hall–Kier alpha value is -1.09. The summed E-state index contributed by atoms with van der Waals surface area (Å²) < 4.78 is 1.89. The van der Waals surface area contributed by atoms with Gasteiger partial charge in [-0.15, -0.1) is 0 Å². The lowest BCUT2D eigenvalue weighted by Gasteiger charge is -2.22. The first-order valence-electron chi connectivity index (χ1n) is 6.30. The second-order valence-corrected chi connectivity index (χ2v) is 5.79. The van der Waals surface area contributed by atoms with E-state index in [2.05, 4.69) is 13.8 Å². The van der Waals surface area contributed by atoms with Crippen molar-refractivity contribution in [1.29, 1.82) is 0 Å². The van der Waals surface area contributed by atoms with Gasteiger partial charge in [-0.1, -0.05) is 13.8 Å². The molecule has 1 aromatic heterocycles. The molecule has 0 atom stereocenters. The third kappa shape index (κ3) is 2.29. The SMILES string of the molecule is CC(C)c1ccc(C(C)(C)O)c(=O)n1C1CC1. The Labute approximate surface area is 102 Å². The van der Waals surface area contributed by atoms with Gasteiger partial charge >= 0.3 is 0 Å². The fourth-order valence-corrected chi connectivity index (χ4v) is 2.21. The van der Waals surface area contributed by atoms with E-state index in [1.807, 2.05) is 10.6 Å². The molecule has 3 heteroatoms. The van der Waals surface area contributed by atoms with Crippen LogP contribution >= 0.6 is 0 Å². The zero-order chi connectivity index (χ0) is 12.8. The summed E-state index contributed by atoms with van der Waals surface area (Å²) in [5.41, 5.74) is 0.481. The summed E-state index contributed by atoms with van der Waals surface area (Å²) in [7, 11) is 0. The minimum atomic E-state index is -1.07. The molecule has 1 fully saturated rings. The zero-order valence-corrected chi connectivity index (χ0v) is 11.0. The van der Waals surface area contributed by atoms with Crippen molar-refractivity contribution < 1.29 is 5.11 Å². The summed E-state index contributed by atoms with van der Waals surface area (Å²) >= 11 is 0. The van der Waals surface area contributed by atoms with Crippen molar-refractivity contribution in [2.24, 2.45) is 0 Å². The van der Waals surface area contributed by atoms with Crippen LogP contribution in [0.4, 0.5) is 0 Å². The van der Waals surface area contributed by atoms with E-state index in [9.17, 15) is 9.90 Å². The second-order valence-electron chi connectivity index (χ2n) is 5.79. The molecule has 0 aliphatic heterocycles. The molecule has 1 saturated carbocycles. The van der Waals surface area contributed by atoms with Gasteiger partial charge in [0, 0.05) is 17.3 Å². The van der Waals surface area contributed by atoms with E-state index in [-0.39, 0.29) is 5.56 Å². The molecule has 0 saturated heterocycles. The minimum Gasteiger partial charge on any atom is -0.386 e. The molecule has 0 bridgehead atoms. The molecule has 0 radical (unpaired) electrons. The molecule has 0 amide bonds. The van der Waals surface area contributed by atoms with Gasteiger partial charge in [0.05, 0.1) is 5.60 Å². The third-order valence-corrected chi connectivity index (χ3v) is 3.31. The summed E-state index contributed by atoms with van der Waals surface area (Å²) in [6.45, 7) is 7.51. The van der Waals surface area contributed by atoms with Gasteiger partial charge in [-0.25, -0.2) is 0 Å². The number of pyridine rings is 1. The molecule has 17 heavy (non-hydrogen) atoms. The third-order valence-electron chi connectivity index (χ3n) is 3.31. The van der Waals surface area contributed by atoms with Crippen molar-refractivity contribution in [1.82, 2.24) is 4.57 Å². The highest BCUT2D eigenvalue weighted by molar-refractivity contribution is 5.24. The number of nitrogens with zero attached hydrogens (tertiary/aromatic N) is 1. The van der Waals surface area contributed by atoms with Gasteiger partial charge < -0.3 is 9.67 Å². The quantitative estimate of drug-likeness (QED) is 0.874. The van der Waals surface area contributed by atoms with E-state index in [4.69, 9.17) is 0 Å². The van der Waals surface area contributed by atoms with Gasteiger partial charge in [-0.05, 0) is 44.7 Å². The van der Waals surface area contributed by atoms with Crippen molar-refractivity contribution in [3.63, 3.8) is 0 Å². The van der Waals surface area contributed by atoms with Gasteiger partial charge in [0.15, 0.2) is 0 Å². The number of aromatic nitrogens is 1. The molecule has 0 spiro atoms. The summed E-state index contributed by atoms with van der Waals surface area (Å²) in [5, 5.41) is 10.0. The molecule has 1 aromatic rings. The zero-order valence-electron chi connectivity index (χ0n) is 11.0. The molecule has 3 nitrogen and oxygen atoms in total. The molecular formula is C14H21NO2. The lowest BCUT2D eigenvalue weighted by molar-refractivity contribution is 0.0764. The van der Waals surface area contributed by atoms with Crippen LogP contribution in [0.1, 0.15) is 63.8 Å². The van der Waals surface area contributed by atoms with Crippen molar-refractivity contribution in [3.05, 3.63) is 33.7 Å². The fourth-order valence-electron chi connectivity index (χ4n) is 2.21. The monoisotopic (exact) mass is 235 g/mol. The van der Waals surface area contributed by atoms with Crippen LogP contribution in [0.3, 0.4) is 0 Å². The molecule has 94 valence electrons. The number of hydrogen-bond acceptors (Lipinski definition) is 2. The van der Waals surface area contributed by atoms with Gasteiger partial charge in [0.25, 0.3) is 5.56 Å². The Morgan fingerprint density at radius 1 is 1.35 bits per heavy atom. The second kappa shape index (κ2) is 3.98. The maximum absolute atomic E-state index is 12.4. The largest absolute Gasteiger partial charge is 0.386 e. The van der Waals surface area contributed by atoms with Gasteiger partial charge in [0.2, 0.25) is 0 Å². The van der Waals surface area contributed by atoms with Crippen LogP contribution < -0.4 is 5.56 Å². The summed E-state index contributed by atoms with van der Waals surface area (Å²) in [4.78, 5) is 12.4. The van der Waals surface area contributed by atoms with E-state index in [0.717, 1.165) is 18.5 Å². The summed E-state index contributed by atoms with van der Waals surface area (Å²) in [5.74, 6) is 0.333. The summed E-state index contributed by atoms with van der Waals surface area (Å²) in [6.07, 6.45) is 2.16. The van der Waals surface area contributed by atoms with Crippen LogP contribution in [-0.2, 0) is 5.60 Å². The number of aliphatic hydroxyl groups is 1. The van der Waals surface area contributed by atoms with Crippen molar-refractivity contribution >= 4 is 0 Å². The van der Waals surface area contributed by atoms with E-state index < -0.39 is 5.60 Å². The highest BCUT2D eigenvalue weighted by Gasteiger charge is 2.30. The van der Waals surface area contributed by atoms with Crippen molar-refractivity contribution in [3.8, 4) is 0 Å². The number of hydrogen-bond donors (Lipinski definition) is 1. The predicted octanol–water partition coefficient (Wildman–Crippen LogP) is 2.53. The first-order valence-corrected chi connectivity index (χ1v) is 6.30. The van der Waals surface area contributed by atoms with E-state index in [1.54, 1.807) is 19.9 Å². The molecule has 1 aliphatic rings. The number of rotatable bonds is 3. The Morgan fingerprint density at radius 2 is 1.94 bits per heavy atom. The van der Waals surface area contributed by atoms with Crippen molar-refractivity contribution in [2.75, 3.05) is 0 Å². The molecule has 1 aliphatic carbocycles. The topological polar surface area (TPSA) is 42.2 Å². The highest BCUT2D eigenvalue weighted by Crippen LogP contribution is 2.36. The van der Waals surface area contributed by atoms with Crippen LogP contribution in [0.5, 0.6) is 0 Å². The maximum atomic E-state index is 12.4. The van der Waals surface area contributed by atoms with E-state index >= 15 is 0 Å². The smallest absolute Gasteiger partial charge is 0.257 e. The normalized spacial score (nSPS) is 16.6. The van der Waals surface area contributed by atoms with Crippen LogP contribution in [0.15, 0.2) is 16.9 Å². The Kier molecular flexibility index (Phi) is 2.90. The lowest BCUT2D eigenvalue weighted by atomic mass is 9.98.